The Hall–Kier alpha value is -0.260. The van der Waals surface area contributed by atoms with Gasteiger partial charge in [-0.3, -0.25) is 9.69 Å². The fourth-order valence-corrected chi connectivity index (χ4v) is 3.05. The Balaban J connectivity index is 2.40. The van der Waals surface area contributed by atoms with Crippen LogP contribution >= 0.6 is 11.8 Å². The van der Waals surface area contributed by atoms with Crippen molar-refractivity contribution in [3.63, 3.8) is 0 Å². The summed E-state index contributed by atoms with van der Waals surface area (Å²) in [6, 6.07) is -0.283. The molecule has 0 radical (unpaired) electrons. The molecule has 1 atom stereocenters. The molecule has 5 heteroatoms. The first-order valence-corrected chi connectivity index (χ1v) is 7.11. The van der Waals surface area contributed by atoms with Crippen molar-refractivity contribution < 1.29 is 9.90 Å². The Bertz CT molecular complexity index is 222. The molecule has 1 N–H and O–H groups in total. The van der Waals surface area contributed by atoms with Gasteiger partial charge in [-0.05, 0) is 13.1 Å². The van der Waals surface area contributed by atoms with Crippen LogP contribution in [-0.2, 0) is 4.79 Å². The van der Waals surface area contributed by atoms with Crippen molar-refractivity contribution in [1.82, 2.24) is 9.80 Å². The topological polar surface area (TPSA) is 43.8 Å². The van der Waals surface area contributed by atoms with E-state index in [4.69, 9.17) is 5.11 Å². The van der Waals surface area contributed by atoms with Crippen molar-refractivity contribution in [2.45, 2.75) is 19.9 Å². The zero-order chi connectivity index (χ0) is 12.0. The molecule has 0 amide bonds. The summed E-state index contributed by atoms with van der Waals surface area (Å²) in [7, 11) is 0. The molecule has 0 aliphatic carbocycles. The van der Waals surface area contributed by atoms with Crippen molar-refractivity contribution in [3.8, 4) is 0 Å². The summed E-state index contributed by atoms with van der Waals surface area (Å²) >= 11 is 1.74. The van der Waals surface area contributed by atoms with Gasteiger partial charge >= 0.3 is 5.97 Å². The molecule has 4 nitrogen and oxygen atoms in total. The summed E-state index contributed by atoms with van der Waals surface area (Å²) in [4.78, 5) is 15.5. The van der Waals surface area contributed by atoms with Crippen molar-refractivity contribution in [3.05, 3.63) is 0 Å². The standard InChI is InChI=1S/C11H22N2O2S/c1-3-12(4-2)5-6-13-7-8-16-9-10(13)11(14)15/h10H,3-9H2,1-2H3,(H,14,15). The normalized spacial score (nSPS) is 22.6. The highest BCUT2D eigenvalue weighted by molar-refractivity contribution is 7.99. The molecule has 0 aromatic heterocycles. The van der Waals surface area contributed by atoms with Crippen LogP contribution in [0.1, 0.15) is 13.8 Å². The molecule has 1 aliphatic heterocycles. The van der Waals surface area contributed by atoms with Crippen LogP contribution in [0, 0.1) is 0 Å². The van der Waals surface area contributed by atoms with Crippen LogP contribution in [0.3, 0.4) is 0 Å². The fraction of sp³-hybridized carbons (Fsp3) is 0.909. The molecular formula is C11H22N2O2S. The number of carboxylic acids is 1. The van der Waals surface area contributed by atoms with E-state index in [1.165, 1.54) is 0 Å². The predicted octanol–water partition coefficient (Wildman–Crippen LogP) is 0.830. The lowest BCUT2D eigenvalue weighted by atomic mass is 10.2. The molecule has 0 saturated carbocycles. The lowest BCUT2D eigenvalue weighted by Gasteiger charge is -2.33. The van der Waals surface area contributed by atoms with Crippen LogP contribution in [-0.4, -0.2) is 71.1 Å². The van der Waals surface area contributed by atoms with E-state index in [9.17, 15) is 4.79 Å². The highest BCUT2D eigenvalue weighted by atomic mass is 32.2. The third-order valence-corrected chi connectivity index (χ3v) is 4.14. The van der Waals surface area contributed by atoms with E-state index in [-0.39, 0.29) is 6.04 Å². The van der Waals surface area contributed by atoms with Gasteiger partial charge in [0, 0.05) is 31.1 Å². The van der Waals surface area contributed by atoms with Gasteiger partial charge in [0.15, 0.2) is 0 Å². The number of thioether (sulfide) groups is 1. The molecule has 1 rings (SSSR count). The smallest absolute Gasteiger partial charge is 0.321 e. The third kappa shape index (κ3) is 3.96. The maximum atomic E-state index is 11.1. The second kappa shape index (κ2) is 7.14. The van der Waals surface area contributed by atoms with Crippen molar-refractivity contribution in [1.29, 1.82) is 0 Å². The van der Waals surface area contributed by atoms with Crippen LogP contribution in [0.25, 0.3) is 0 Å². The number of carbonyl (C=O) groups is 1. The fourth-order valence-electron chi connectivity index (χ4n) is 1.94. The SMILES string of the molecule is CCN(CC)CCN1CCSCC1C(=O)O. The quantitative estimate of drug-likeness (QED) is 0.752. The number of nitrogens with zero attached hydrogens (tertiary/aromatic N) is 2. The molecule has 0 bridgehead atoms. The highest BCUT2D eigenvalue weighted by Gasteiger charge is 2.28. The molecule has 1 unspecified atom stereocenters. The summed E-state index contributed by atoms with van der Waals surface area (Å²) in [5.74, 6) is 1.11. The Morgan fingerprint density at radius 1 is 1.50 bits per heavy atom. The van der Waals surface area contributed by atoms with Gasteiger partial charge in [0.1, 0.15) is 6.04 Å². The number of carboxylic acid groups (broad SMARTS) is 1. The van der Waals surface area contributed by atoms with E-state index in [0.29, 0.717) is 0 Å². The first-order valence-electron chi connectivity index (χ1n) is 5.96. The molecule has 0 spiro atoms. The van der Waals surface area contributed by atoms with Crippen molar-refractivity contribution >= 4 is 17.7 Å². The minimum absolute atomic E-state index is 0.283. The number of hydrogen-bond donors (Lipinski definition) is 1. The zero-order valence-electron chi connectivity index (χ0n) is 10.2. The highest BCUT2D eigenvalue weighted by Crippen LogP contribution is 2.16. The Morgan fingerprint density at radius 3 is 2.75 bits per heavy atom. The first kappa shape index (κ1) is 13.8. The van der Waals surface area contributed by atoms with Crippen LogP contribution < -0.4 is 0 Å². The monoisotopic (exact) mass is 246 g/mol. The molecule has 94 valence electrons. The van der Waals surface area contributed by atoms with Crippen LogP contribution in [0.2, 0.25) is 0 Å². The lowest BCUT2D eigenvalue weighted by molar-refractivity contribution is -0.142. The van der Waals surface area contributed by atoms with Crippen LogP contribution in [0.15, 0.2) is 0 Å². The van der Waals surface area contributed by atoms with E-state index >= 15 is 0 Å². The van der Waals surface area contributed by atoms with Crippen molar-refractivity contribution in [2.24, 2.45) is 0 Å². The summed E-state index contributed by atoms with van der Waals surface area (Å²) in [5.41, 5.74) is 0. The molecule has 0 aromatic rings. The molecule has 1 saturated heterocycles. The first-order chi connectivity index (χ1) is 7.69. The number of hydrogen-bond acceptors (Lipinski definition) is 4. The van der Waals surface area contributed by atoms with Gasteiger partial charge in [-0.2, -0.15) is 11.8 Å². The lowest BCUT2D eigenvalue weighted by Crippen LogP contribution is -2.49. The van der Waals surface area contributed by atoms with Gasteiger partial charge in [0.2, 0.25) is 0 Å². The van der Waals surface area contributed by atoms with Gasteiger partial charge in [-0.15, -0.1) is 0 Å². The zero-order valence-corrected chi connectivity index (χ0v) is 11.0. The van der Waals surface area contributed by atoms with Crippen LogP contribution in [0.4, 0.5) is 0 Å². The molecule has 1 heterocycles. The minimum atomic E-state index is -0.674. The molecule has 0 aromatic carbocycles. The Labute approximate surface area is 102 Å². The second-order valence-electron chi connectivity index (χ2n) is 3.99. The second-order valence-corrected chi connectivity index (χ2v) is 5.14. The number of rotatable bonds is 6. The van der Waals surface area contributed by atoms with E-state index in [0.717, 1.165) is 44.2 Å². The van der Waals surface area contributed by atoms with Crippen LogP contribution in [0.5, 0.6) is 0 Å². The van der Waals surface area contributed by atoms with Gasteiger partial charge < -0.3 is 10.0 Å². The largest absolute Gasteiger partial charge is 0.480 e. The average Bonchev–Trinajstić information content (AvgIpc) is 2.30. The summed E-state index contributed by atoms with van der Waals surface area (Å²) in [6.07, 6.45) is 0. The average molecular weight is 246 g/mol. The number of aliphatic carboxylic acids is 1. The van der Waals surface area contributed by atoms with E-state index < -0.39 is 5.97 Å². The van der Waals surface area contributed by atoms with Gasteiger partial charge in [0.05, 0.1) is 0 Å². The summed E-state index contributed by atoms with van der Waals surface area (Å²) in [6.45, 7) is 9.12. The third-order valence-electron chi connectivity index (χ3n) is 3.12. The molecular weight excluding hydrogens is 224 g/mol. The number of likely N-dealkylation sites (N-methyl/N-ethyl adjacent to an activating group) is 1. The van der Waals surface area contributed by atoms with Gasteiger partial charge in [-0.1, -0.05) is 13.8 Å². The maximum absolute atomic E-state index is 11.1. The van der Waals surface area contributed by atoms with Gasteiger partial charge in [0.25, 0.3) is 0 Å². The van der Waals surface area contributed by atoms with E-state index in [1.807, 2.05) is 0 Å². The van der Waals surface area contributed by atoms with E-state index in [2.05, 4.69) is 23.6 Å². The Morgan fingerprint density at radius 2 is 2.19 bits per heavy atom. The molecule has 16 heavy (non-hydrogen) atoms. The minimum Gasteiger partial charge on any atom is -0.480 e. The molecule has 1 fully saturated rings. The van der Waals surface area contributed by atoms with E-state index in [1.54, 1.807) is 11.8 Å². The van der Waals surface area contributed by atoms with Crippen molar-refractivity contribution in [2.75, 3.05) is 44.2 Å². The maximum Gasteiger partial charge on any atom is 0.321 e. The van der Waals surface area contributed by atoms with Gasteiger partial charge in [-0.25, -0.2) is 0 Å². The molecule has 1 aliphatic rings. The summed E-state index contributed by atoms with van der Waals surface area (Å²) < 4.78 is 0. The predicted molar refractivity (Wildman–Crippen MR) is 68.1 cm³/mol. The Kier molecular flexibility index (Phi) is 6.16. The summed E-state index contributed by atoms with van der Waals surface area (Å²) in [5, 5.41) is 9.12.